The van der Waals surface area contributed by atoms with Crippen LogP contribution >= 0.6 is 11.6 Å². The maximum Gasteiger partial charge on any atom is 0.104 e. The van der Waals surface area contributed by atoms with E-state index in [2.05, 4.69) is 26.0 Å². The summed E-state index contributed by atoms with van der Waals surface area (Å²) in [6.07, 6.45) is 0.494. The molecule has 2 atom stereocenters. The van der Waals surface area contributed by atoms with Crippen molar-refractivity contribution in [2.24, 2.45) is 0 Å². The number of aliphatic hydroxyl groups excluding tert-OH is 1. The van der Waals surface area contributed by atoms with Crippen LogP contribution in [0.15, 0.2) is 42.5 Å². The van der Waals surface area contributed by atoms with Gasteiger partial charge in [0.2, 0.25) is 0 Å². The van der Waals surface area contributed by atoms with Crippen molar-refractivity contribution in [1.29, 1.82) is 0 Å². The van der Waals surface area contributed by atoms with Gasteiger partial charge in [-0.1, -0.05) is 55.8 Å². The molecule has 1 nitrogen and oxygen atoms in total. The lowest BCUT2D eigenvalue weighted by Crippen LogP contribution is -2.01. The Kier molecular flexibility index (Phi) is 4.85. The highest BCUT2D eigenvalue weighted by Crippen LogP contribution is 2.27. The summed E-state index contributed by atoms with van der Waals surface area (Å²) in [6.45, 7) is 6.38. The molecule has 0 saturated carbocycles. The monoisotopic (exact) mass is 288 g/mol. The Morgan fingerprint density at radius 2 is 1.60 bits per heavy atom. The van der Waals surface area contributed by atoms with Gasteiger partial charge >= 0.3 is 0 Å². The van der Waals surface area contributed by atoms with Crippen LogP contribution in [0.3, 0.4) is 0 Å². The van der Waals surface area contributed by atoms with Gasteiger partial charge in [0.05, 0.1) is 0 Å². The second-order valence-corrected chi connectivity index (χ2v) is 5.88. The minimum atomic E-state index is -0.626. The van der Waals surface area contributed by atoms with Crippen LogP contribution in [0, 0.1) is 6.92 Å². The highest BCUT2D eigenvalue weighted by Gasteiger charge is 2.12. The SMILES string of the molecule is CCC(C)c1ccc(C(O)c2cc(C)cc(Cl)c2)cc1. The van der Waals surface area contributed by atoms with Crippen LogP contribution in [0.4, 0.5) is 0 Å². The van der Waals surface area contributed by atoms with Gasteiger partial charge in [0.15, 0.2) is 0 Å². The third-order valence-corrected chi connectivity index (χ3v) is 4.03. The van der Waals surface area contributed by atoms with Crippen LogP contribution < -0.4 is 0 Å². The molecule has 2 heteroatoms. The molecule has 0 amide bonds. The van der Waals surface area contributed by atoms with Crippen LogP contribution in [-0.4, -0.2) is 5.11 Å². The number of aryl methyl sites for hydroxylation is 1. The Morgan fingerprint density at radius 1 is 1.00 bits per heavy atom. The zero-order chi connectivity index (χ0) is 14.7. The minimum absolute atomic E-state index is 0.551. The zero-order valence-electron chi connectivity index (χ0n) is 12.2. The van der Waals surface area contributed by atoms with Crippen molar-refractivity contribution in [2.75, 3.05) is 0 Å². The fourth-order valence-electron chi connectivity index (χ4n) is 2.36. The van der Waals surface area contributed by atoms with E-state index in [1.807, 2.05) is 37.3 Å². The smallest absolute Gasteiger partial charge is 0.104 e. The van der Waals surface area contributed by atoms with Crippen LogP contribution in [-0.2, 0) is 0 Å². The highest BCUT2D eigenvalue weighted by atomic mass is 35.5. The normalized spacial score (nSPS) is 14.1. The zero-order valence-corrected chi connectivity index (χ0v) is 13.0. The molecule has 0 fully saturated rings. The van der Waals surface area contributed by atoms with E-state index in [-0.39, 0.29) is 0 Å². The van der Waals surface area contributed by atoms with Gasteiger partial charge < -0.3 is 5.11 Å². The van der Waals surface area contributed by atoms with E-state index in [1.54, 1.807) is 0 Å². The van der Waals surface area contributed by atoms with E-state index < -0.39 is 6.10 Å². The third kappa shape index (κ3) is 3.41. The average molecular weight is 289 g/mol. The molecule has 1 N–H and O–H groups in total. The van der Waals surface area contributed by atoms with Gasteiger partial charge in [-0.2, -0.15) is 0 Å². The van der Waals surface area contributed by atoms with Crippen molar-refractivity contribution in [1.82, 2.24) is 0 Å². The van der Waals surface area contributed by atoms with Crippen molar-refractivity contribution in [3.63, 3.8) is 0 Å². The van der Waals surface area contributed by atoms with Crippen molar-refractivity contribution in [3.8, 4) is 0 Å². The van der Waals surface area contributed by atoms with E-state index in [4.69, 9.17) is 11.6 Å². The molecule has 106 valence electrons. The second-order valence-electron chi connectivity index (χ2n) is 5.44. The molecule has 2 unspecified atom stereocenters. The average Bonchev–Trinajstić information content (AvgIpc) is 2.45. The molecule has 0 aliphatic carbocycles. The molecule has 0 heterocycles. The van der Waals surface area contributed by atoms with Crippen LogP contribution in [0.1, 0.15) is 54.5 Å². The molecule has 0 radical (unpaired) electrons. The largest absolute Gasteiger partial charge is 0.384 e. The number of hydrogen-bond donors (Lipinski definition) is 1. The lowest BCUT2D eigenvalue weighted by atomic mass is 9.94. The Hall–Kier alpha value is -1.31. The molecule has 0 spiro atoms. The van der Waals surface area contributed by atoms with E-state index >= 15 is 0 Å². The van der Waals surface area contributed by atoms with E-state index in [9.17, 15) is 5.11 Å². The second kappa shape index (κ2) is 6.43. The first-order valence-electron chi connectivity index (χ1n) is 7.06. The predicted molar refractivity (Wildman–Crippen MR) is 85.4 cm³/mol. The van der Waals surface area contributed by atoms with Crippen LogP contribution in [0.25, 0.3) is 0 Å². The van der Waals surface area contributed by atoms with E-state index in [0.717, 1.165) is 23.1 Å². The molecule has 20 heavy (non-hydrogen) atoms. The van der Waals surface area contributed by atoms with Crippen LogP contribution in [0.5, 0.6) is 0 Å². The third-order valence-electron chi connectivity index (χ3n) is 3.81. The molecular formula is C18H21ClO. The van der Waals surface area contributed by atoms with Gasteiger partial charge in [-0.3, -0.25) is 0 Å². The van der Waals surface area contributed by atoms with Crippen molar-refractivity contribution in [2.45, 2.75) is 39.2 Å². The van der Waals surface area contributed by atoms with Crippen molar-refractivity contribution in [3.05, 3.63) is 69.7 Å². The topological polar surface area (TPSA) is 20.2 Å². The number of benzene rings is 2. The highest BCUT2D eigenvalue weighted by molar-refractivity contribution is 6.30. The maximum absolute atomic E-state index is 10.5. The standard InChI is InChI=1S/C18H21ClO/c1-4-13(3)14-5-7-15(8-6-14)18(20)16-9-12(2)10-17(19)11-16/h5-11,13,18,20H,4H2,1-3H3. The van der Waals surface area contributed by atoms with Gasteiger partial charge in [-0.25, -0.2) is 0 Å². The molecule has 2 rings (SSSR count). The Balaban J connectivity index is 2.26. The molecule has 0 saturated heterocycles. The fourth-order valence-corrected chi connectivity index (χ4v) is 2.66. The first kappa shape index (κ1) is 15.1. The lowest BCUT2D eigenvalue weighted by molar-refractivity contribution is 0.220. The lowest BCUT2D eigenvalue weighted by Gasteiger charge is -2.15. The van der Waals surface area contributed by atoms with E-state index in [0.29, 0.717) is 10.9 Å². The van der Waals surface area contributed by atoms with Gasteiger partial charge in [0, 0.05) is 5.02 Å². The summed E-state index contributed by atoms with van der Waals surface area (Å²) in [4.78, 5) is 0. The van der Waals surface area contributed by atoms with Gasteiger partial charge in [-0.05, 0) is 53.6 Å². The first-order chi connectivity index (χ1) is 9.51. The summed E-state index contributed by atoms with van der Waals surface area (Å²) >= 11 is 6.06. The summed E-state index contributed by atoms with van der Waals surface area (Å²) in [5, 5.41) is 11.1. The Morgan fingerprint density at radius 3 is 2.15 bits per heavy atom. The summed E-state index contributed by atoms with van der Waals surface area (Å²) in [6, 6.07) is 13.9. The number of hydrogen-bond acceptors (Lipinski definition) is 1. The van der Waals surface area contributed by atoms with Crippen molar-refractivity contribution < 1.29 is 5.11 Å². The Labute approximate surface area is 126 Å². The first-order valence-corrected chi connectivity index (χ1v) is 7.44. The molecular weight excluding hydrogens is 268 g/mol. The molecule has 2 aromatic carbocycles. The molecule has 0 aliphatic heterocycles. The fraction of sp³-hybridized carbons (Fsp3) is 0.333. The quantitative estimate of drug-likeness (QED) is 0.815. The number of rotatable bonds is 4. The maximum atomic E-state index is 10.5. The van der Waals surface area contributed by atoms with Gasteiger partial charge in [0.25, 0.3) is 0 Å². The van der Waals surface area contributed by atoms with Crippen molar-refractivity contribution >= 4 is 11.6 Å². The van der Waals surface area contributed by atoms with Crippen LogP contribution in [0.2, 0.25) is 5.02 Å². The number of halogens is 1. The van der Waals surface area contributed by atoms with Gasteiger partial charge in [-0.15, -0.1) is 0 Å². The molecule has 0 aliphatic rings. The van der Waals surface area contributed by atoms with Gasteiger partial charge in [0.1, 0.15) is 6.10 Å². The predicted octanol–water partition coefficient (Wildman–Crippen LogP) is 5.24. The number of aliphatic hydroxyl groups is 1. The molecule has 0 aromatic heterocycles. The summed E-state index contributed by atoms with van der Waals surface area (Å²) in [7, 11) is 0. The Bertz CT molecular complexity index is 554. The minimum Gasteiger partial charge on any atom is -0.384 e. The van der Waals surface area contributed by atoms with E-state index in [1.165, 1.54) is 5.56 Å². The molecule has 0 bridgehead atoms. The molecule has 2 aromatic rings. The summed E-state index contributed by atoms with van der Waals surface area (Å²) in [5.74, 6) is 0.551. The summed E-state index contributed by atoms with van der Waals surface area (Å²) in [5.41, 5.74) is 4.11. The summed E-state index contributed by atoms with van der Waals surface area (Å²) < 4.78 is 0.